The SMILES string of the molecule is COc1cc2c(cc1OC)CN(C(=O)NC1CCCN(Cc3ccccc3)C1)CC2. The van der Waals surface area contributed by atoms with Crippen molar-refractivity contribution in [2.45, 2.75) is 38.4 Å². The van der Waals surface area contributed by atoms with E-state index in [1.807, 2.05) is 23.1 Å². The van der Waals surface area contributed by atoms with E-state index in [0.29, 0.717) is 12.3 Å². The Morgan fingerprint density at radius 3 is 2.53 bits per heavy atom. The van der Waals surface area contributed by atoms with E-state index in [4.69, 9.17) is 9.47 Å². The van der Waals surface area contributed by atoms with Gasteiger partial charge in [0.05, 0.1) is 14.2 Å². The van der Waals surface area contributed by atoms with Crippen LogP contribution in [-0.2, 0) is 19.5 Å². The highest BCUT2D eigenvalue weighted by Gasteiger charge is 2.26. The van der Waals surface area contributed by atoms with Crippen molar-refractivity contribution in [3.05, 3.63) is 59.2 Å². The van der Waals surface area contributed by atoms with E-state index in [9.17, 15) is 4.79 Å². The van der Waals surface area contributed by atoms with Crippen LogP contribution in [0.5, 0.6) is 11.5 Å². The quantitative estimate of drug-likeness (QED) is 0.822. The molecule has 4 rings (SSSR count). The Balaban J connectivity index is 1.35. The van der Waals surface area contributed by atoms with Crippen LogP contribution < -0.4 is 14.8 Å². The number of benzene rings is 2. The van der Waals surface area contributed by atoms with Crippen LogP contribution >= 0.6 is 0 Å². The number of nitrogens with one attached hydrogen (secondary N) is 1. The second kappa shape index (κ2) is 9.39. The summed E-state index contributed by atoms with van der Waals surface area (Å²) >= 11 is 0. The van der Waals surface area contributed by atoms with Crippen LogP contribution in [-0.4, -0.2) is 55.7 Å². The first-order chi connectivity index (χ1) is 14.7. The van der Waals surface area contributed by atoms with Gasteiger partial charge < -0.3 is 19.7 Å². The summed E-state index contributed by atoms with van der Waals surface area (Å²) in [6, 6.07) is 14.8. The number of urea groups is 1. The number of ether oxygens (including phenoxy) is 2. The van der Waals surface area contributed by atoms with Gasteiger partial charge in [-0.3, -0.25) is 4.90 Å². The summed E-state index contributed by atoms with van der Waals surface area (Å²) in [5, 5.41) is 3.28. The molecule has 0 saturated carbocycles. The third-order valence-corrected chi connectivity index (χ3v) is 6.09. The smallest absolute Gasteiger partial charge is 0.317 e. The minimum absolute atomic E-state index is 0.0296. The second-order valence-electron chi connectivity index (χ2n) is 8.16. The van der Waals surface area contributed by atoms with Crippen LogP contribution in [0.4, 0.5) is 4.79 Å². The fourth-order valence-corrected chi connectivity index (χ4v) is 4.48. The number of fused-ring (bicyclic) bond motifs is 1. The van der Waals surface area contributed by atoms with Gasteiger partial charge in [-0.2, -0.15) is 0 Å². The summed E-state index contributed by atoms with van der Waals surface area (Å²) in [7, 11) is 3.29. The molecule has 6 heteroatoms. The Morgan fingerprint density at radius 2 is 1.80 bits per heavy atom. The molecule has 2 amide bonds. The molecule has 1 saturated heterocycles. The Labute approximate surface area is 178 Å². The van der Waals surface area contributed by atoms with E-state index >= 15 is 0 Å². The number of hydrogen-bond acceptors (Lipinski definition) is 4. The van der Waals surface area contributed by atoms with Gasteiger partial charge in [-0.1, -0.05) is 30.3 Å². The van der Waals surface area contributed by atoms with Crippen LogP contribution in [0.25, 0.3) is 0 Å². The van der Waals surface area contributed by atoms with E-state index in [1.54, 1.807) is 14.2 Å². The molecule has 0 radical (unpaired) electrons. The average molecular weight is 410 g/mol. The van der Waals surface area contributed by atoms with E-state index in [1.165, 1.54) is 11.1 Å². The third kappa shape index (κ3) is 4.70. The summed E-state index contributed by atoms with van der Waals surface area (Å²) in [6.45, 7) is 4.23. The molecule has 2 aromatic carbocycles. The zero-order chi connectivity index (χ0) is 20.9. The first-order valence-corrected chi connectivity index (χ1v) is 10.7. The van der Waals surface area contributed by atoms with Gasteiger partial charge in [-0.25, -0.2) is 4.79 Å². The predicted octanol–water partition coefficient (Wildman–Crippen LogP) is 3.44. The number of methoxy groups -OCH3 is 2. The molecule has 2 aliphatic rings. The maximum Gasteiger partial charge on any atom is 0.317 e. The van der Waals surface area contributed by atoms with Crippen molar-refractivity contribution in [3.8, 4) is 11.5 Å². The number of rotatable bonds is 5. The zero-order valence-corrected chi connectivity index (χ0v) is 17.9. The minimum Gasteiger partial charge on any atom is -0.493 e. The Morgan fingerprint density at radius 1 is 1.07 bits per heavy atom. The molecule has 0 aromatic heterocycles. The third-order valence-electron chi connectivity index (χ3n) is 6.09. The number of carbonyl (C=O) groups is 1. The van der Waals surface area contributed by atoms with Gasteiger partial charge in [0.2, 0.25) is 0 Å². The standard InChI is InChI=1S/C24H31N3O3/c1-29-22-13-19-10-12-27(16-20(19)14-23(22)30-2)24(28)25-21-9-6-11-26(17-21)15-18-7-4-3-5-8-18/h3-5,7-8,13-14,21H,6,9-12,15-17H2,1-2H3,(H,25,28). The van der Waals surface area contributed by atoms with Gasteiger partial charge >= 0.3 is 6.03 Å². The lowest BCUT2D eigenvalue weighted by molar-refractivity contribution is 0.160. The van der Waals surface area contributed by atoms with Crippen LogP contribution in [0, 0.1) is 0 Å². The summed E-state index contributed by atoms with van der Waals surface area (Å²) in [5.74, 6) is 1.46. The van der Waals surface area contributed by atoms with Gasteiger partial charge in [0, 0.05) is 32.2 Å². The Bertz CT molecular complexity index is 871. The van der Waals surface area contributed by atoms with Crippen LogP contribution in [0.1, 0.15) is 29.5 Å². The molecule has 2 aromatic rings. The lowest BCUT2D eigenvalue weighted by atomic mass is 9.99. The van der Waals surface area contributed by atoms with Crippen molar-refractivity contribution < 1.29 is 14.3 Å². The van der Waals surface area contributed by atoms with Crippen molar-refractivity contribution in [3.63, 3.8) is 0 Å². The van der Waals surface area contributed by atoms with Crippen molar-refractivity contribution >= 4 is 6.03 Å². The molecule has 6 nitrogen and oxygen atoms in total. The Hall–Kier alpha value is -2.73. The van der Waals surface area contributed by atoms with Gasteiger partial charge in [-0.05, 0) is 54.6 Å². The summed E-state index contributed by atoms with van der Waals surface area (Å²) in [4.78, 5) is 17.3. The highest BCUT2D eigenvalue weighted by molar-refractivity contribution is 5.75. The first-order valence-electron chi connectivity index (χ1n) is 10.7. The van der Waals surface area contributed by atoms with Crippen LogP contribution in [0.2, 0.25) is 0 Å². The van der Waals surface area contributed by atoms with Crippen molar-refractivity contribution in [1.29, 1.82) is 0 Å². The average Bonchev–Trinajstić information content (AvgIpc) is 2.78. The lowest BCUT2D eigenvalue weighted by Gasteiger charge is -2.35. The van der Waals surface area contributed by atoms with Gasteiger partial charge in [0.25, 0.3) is 0 Å². The molecule has 0 bridgehead atoms. The normalized spacial score (nSPS) is 19.1. The molecule has 2 heterocycles. The molecule has 1 unspecified atom stereocenters. The fourth-order valence-electron chi connectivity index (χ4n) is 4.48. The predicted molar refractivity (Wildman–Crippen MR) is 117 cm³/mol. The maximum absolute atomic E-state index is 13.0. The fraction of sp³-hybridized carbons (Fsp3) is 0.458. The van der Waals surface area contributed by atoms with Gasteiger partial charge in [0.15, 0.2) is 11.5 Å². The number of likely N-dealkylation sites (tertiary alicyclic amines) is 1. The summed E-state index contributed by atoms with van der Waals surface area (Å²) in [6.07, 6.45) is 2.97. The van der Waals surface area contributed by atoms with Gasteiger partial charge in [-0.15, -0.1) is 0 Å². The highest BCUT2D eigenvalue weighted by Crippen LogP contribution is 2.33. The molecular formula is C24H31N3O3. The number of nitrogens with zero attached hydrogens (tertiary/aromatic N) is 2. The second-order valence-corrected chi connectivity index (χ2v) is 8.16. The van der Waals surface area contributed by atoms with Gasteiger partial charge in [0.1, 0.15) is 0 Å². The Kier molecular flexibility index (Phi) is 6.43. The van der Waals surface area contributed by atoms with E-state index in [0.717, 1.165) is 56.8 Å². The molecule has 30 heavy (non-hydrogen) atoms. The number of amides is 2. The molecule has 0 aliphatic carbocycles. The van der Waals surface area contributed by atoms with E-state index < -0.39 is 0 Å². The summed E-state index contributed by atoms with van der Waals surface area (Å²) < 4.78 is 10.8. The first kappa shape index (κ1) is 20.5. The van der Waals surface area contributed by atoms with E-state index in [2.05, 4.69) is 34.5 Å². The number of carbonyl (C=O) groups excluding carboxylic acids is 1. The molecule has 160 valence electrons. The topological polar surface area (TPSA) is 54.0 Å². The number of piperidine rings is 1. The molecule has 0 spiro atoms. The van der Waals surface area contributed by atoms with Crippen molar-refractivity contribution in [1.82, 2.24) is 15.1 Å². The maximum atomic E-state index is 13.0. The zero-order valence-electron chi connectivity index (χ0n) is 17.9. The molecule has 2 aliphatic heterocycles. The minimum atomic E-state index is 0.0296. The lowest BCUT2D eigenvalue weighted by Crippen LogP contribution is -2.52. The molecule has 1 fully saturated rings. The largest absolute Gasteiger partial charge is 0.493 e. The molecule has 1 N–H and O–H groups in total. The molecular weight excluding hydrogens is 378 g/mol. The summed E-state index contributed by atoms with van der Waals surface area (Å²) in [5.41, 5.74) is 3.67. The number of hydrogen-bond donors (Lipinski definition) is 1. The molecule has 1 atom stereocenters. The van der Waals surface area contributed by atoms with Crippen molar-refractivity contribution in [2.24, 2.45) is 0 Å². The van der Waals surface area contributed by atoms with E-state index in [-0.39, 0.29) is 12.1 Å². The van der Waals surface area contributed by atoms with Crippen LogP contribution in [0.15, 0.2) is 42.5 Å². The van der Waals surface area contributed by atoms with Crippen LogP contribution in [0.3, 0.4) is 0 Å². The highest BCUT2D eigenvalue weighted by atomic mass is 16.5. The monoisotopic (exact) mass is 409 g/mol. The van der Waals surface area contributed by atoms with Crippen molar-refractivity contribution in [2.75, 3.05) is 33.9 Å².